The van der Waals surface area contributed by atoms with Crippen molar-refractivity contribution in [2.75, 3.05) is 6.61 Å². The Hall–Kier alpha value is -2.36. The number of benzene rings is 1. The number of rotatable bonds is 7. The van der Waals surface area contributed by atoms with Crippen molar-refractivity contribution >= 4 is 5.91 Å². The average Bonchev–Trinajstić information content (AvgIpc) is 2.53. The molecule has 1 amide bonds. The minimum absolute atomic E-state index is 0.0266. The van der Waals surface area contributed by atoms with Gasteiger partial charge in [-0.15, -0.1) is 0 Å². The minimum Gasteiger partial charge on any atom is -0.494 e. The SMILES string of the molecule is CC(NC(=O)CCCOc1ccccc1)c1cccnc1. The summed E-state index contributed by atoms with van der Waals surface area (Å²) in [5, 5.41) is 2.96. The van der Waals surface area contributed by atoms with Crippen molar-refractivity contribution in [3.8, 4) is 5.75 Å². The summed E-state index contributed by atoms with van der Waals surface area (Å²) in [5.41, 5.74) is 1.01. The molecule has 0 aliphatic rings. The molecule has 4 heteroatoms. The van der Waals surface area contributed by atoms with Crippen LogP contribution in [0.1, 0.15) is 31.4 Å². The smallest absolute Gasteiger partial charge is 0.220 e. The van der Waals surface area contributed by atoms with E-state index < -0.39 is 0 Å². The fraction of sp³-hybridized carbons (Fsp3) is 0.294. The molecule has 2 aromatic rings. The van der Waals surface area contributed by atoms with Crippen molar-refractivity contribution in [1.29, 1.82) is 0 Å². The lowest BCUT2D eigenvalue weighted by atomic mass is 10.1. The molecule has 1 aromatic carbocycles. The Balaban J connectivity index is 1.66. The van der Waals surface area contributed by atoms with Gasteiger partial charge in [0.15, 0.2) is 0 Å². The van der Waals surface area contributed by atoms with Crippen LogP contribution in [0.25, 0.3) is 0 Å². The van der Waals surface area contributed by atoms with E-state index in [1.54, 1.807) is 12.4 Å². The average molecular weight is 284 g/mol. The molecule has 1 aromatic heterocycles. The number of carbonyl (C=O) groups excluding carboxylic acids is 1. The Morgan fingerprint density at radius 2 is 2.05 bits per heavy atom. The maximum absolute atomic E-state index is 11.9. The maximum atomic E-state index is 11.9. The molecule has 0 fully saturated rings. The van der Waals surface area contributed by atoms with Crippen molar-refractivity contribution in [2.45, 2.75) is 25.8 Å². The molecule has 4 nitrogen and oxygen atoms in total. The van der Waals surface area contributed by atoms with Gasteiger partial charge in [-0.05, 0) is 37.1 Å². The van der Waals surface area contributed by atoms with Crippen molar-refractivity contribution in [2.24, 2.45) is 0 Å². The summed E-state index contributed by atoms with van der Waals surface area (Å²) in [6, 6.07) is 13.4. The Bertz CT molecular complexity index is 543. The van der Waals surface area contributed by atoms with Crippen LogP contribution in [-0.4, -0.2) is 17.5 Å². The summed E-state index contributed by atoms with van der Waals surface area (Å²) in [4.78, 5) is 15.9. The molecule has 0 spiro atoms. The lowest BCUT2D eigenvalue weighted by molar-refractivity contribution is -0.121. The van der Waals surface area contributed by atoms with Gasteiger partial charge >= 0.3 is 0 Å². The Labute approximate surface area is 125 Å². The molecular weight excluding hydrogens is 264 g/mol. The van der Waals surface area contributed by atoms with E-state index in [1.807, 2.05) is 49.4 Å². The molecule has 2 rings (SSSR count). The standard InChI is InChI=1S/C17H20N2O2/c1-14(15-7-5-11-18-13-15)19-17(20)10-6-12-21-16-8-3-2-4-9-16/h2-5,7-9,11,13-14H,6,10,12H2,1H3,(H,19,20). The Kier molecular flexibility index (Phi) is 5.76. The third-order valence-electron chi connectivity index (χ3n) is 3.12. The first-order chi connectivity index (χ1) is 10.3. The Morgan fingerprint density at radius 1 is 1.24 bits per heavy atom. The summed E-state index contributed by atoms with van der Waals surface area (Å²) in [6.07, 6.45) is 4.64. The summed E-state index contributed by atoms with van der Waals surface area (Å²) in [5.74, 6) is 0.865. The lowest BCUT2D eigenvalue weighted by Crippen LogP contribution is -2.26. The second-order valence-electron chi connectivity index (χ2n) is 4.84. The van der Waals surface area contributed by atoms with Crippen LogP contribution >= 0.6 is 0 Å². The first kappa shape index (κ1) is 15.0. The molecule has 0 saturated heterocycles. The highest BCUT2D eigenvalue weighted by atomic mass is 16.5. The molecule has 21 heavy (non-hydrogen) atoms. The van der Waals surface area contributed by atoms with Crippen LogP contribution < -0.4 is 10.1 Å². The number of pyridine rings is 1. The van der Waals surface area contributed by atoms with Crippen LogP contribution in [-0.2, 0) is 4.79 Å². The van der Waals surface area contributed by atoms with Gasteiger partial charge in [-0.2, -0.15) is 0 Å². The molecule has 1 atom stereocenters. The largest absolute Gasteiger partial charge is 0.494 e. The molecule has 1 unspecified atom stereocenters. The quantitative estimate of drug-likeness (QED) is 0.795. The number of hydrogen-bond donors (Lipinski definition) is 1. The number of aromatic nitrogens is 1. The van der Waals surface area contributed by atoms with Crippen molar-refractivity contribution in [1.82, 2.24) is 10.3 Å². The highest BCUT2D eigenvalue weighted by Crippen LogP contribution is 2.11. The summed E-state index contributed by atoms with van der Waals surface area (Å²) < 4.78 is 5.56. The first-order valence-electron chi connectivity index (χ1n) is 7.13. The second-order valence-corrected chi connectivity index (χ2v) is 4.84. The molecule has 1 N–H and O–H groups in total. The lowest BCUT2D eigenvalue weighted by Gasteiger charge is -2.13. The van der Waals surface area contributed by atoms with Crippen LogP contribution in [0.15, 0.2) is 54.9 Å². The molecule has 0 saturated carbocycles. The molecule has 0 radical (unpaired) electrons. The molecule has 0 aliphatic heterocycles. The van der Waals surface area contributed by atoms with E-state index in [2.05, 4.69) is 10.3 Å². The van der Waals surface area contributed by atoms with E-state index in [0.717, 1.165) is 11.3 Å². The van der Waals surface area contributed by atoms with Crippen molar-refractivity contribution in [3.05, 3.63) is 60.4 Å². The van der Waals surface area contributed by atoms with Gasteiger partial charge in [0.05, 0.1) is 12.6 Å². The zero-order chi connectivity index (χ0) is 14.9. The van der Waals surface area contributed by atoms with Crippen LogP contribution in [0.2, 0.25) is 0 Å². The van der Waals surface area contributed by atoms with Gasteiger partial charge in [0.2, 0.25) is 5.91 Å². The fourth-order valence-corrected chi connectivity index (χ4v) is 1.97. The topological polar surface area (TPSA) is 51.2 Å². The number of para-hydroxylation sites is 1. The van der Waals surface area contributed by atoms with Gasteiger partial charge in [0, 0.05) is 18.8 Å². The first-order valence-corrected chi connectivity index (χ1v) is 7.13. The minimum atomic E-state index is -0.0266. The monoisotopic (exact) mass is 284 g/mol. The van der Waals surface area contributed by atoms with E-state index in [0.29, 0.717) is 19.4 Å². The number of hydrogen-bond acceptors (Lipinski definition) is 3. The van der Waals surface area contributed by atoms with Gasteiger partial charge in [0.1, 0.15) is 5.75 Å². The number of carbonyl (C=O) groups is 1. The van der Waals surface area contributed by atoms with Crippen molar-refractivity contribution in [3.63, 3.8) is 0 Å². The summed E-state index contributed by atoms with van der Waals surface area (Å²) in [6.45, 7) is 2.49. The zero-order valence-electron chi connectivity index (χ0n) is 12.2. The third kappa shape index (κ3) is 5.26. The van der Waals surface area contributed by atoms with E-state index in [9.17, 15) is 4.79 Å². The van der Waals surface area contributed by atoms with E-state index in [-0.39, 0.29) is 11.9 Å². The third-order valence-corrected chi connectivity index (χ3v) is 3.12. The van der Waals surface area contributed by atoms with Crippen LogP contribution in [0.3, 0.4) is 0 Å². The summed E-state index contributed by atoms with van der Waals surface area (Å²) in [7, 11) is 0. The zero-order valence-corrected chi connectivity index (χ0v) is 12.2. The summed E-state index contributed by atoms with van der Waals surface area (Å²) >= 11 is 0. The van der Waals surface area contributed by atoms with Gasteiger partial charge in [-0.1, -0.05) is 24.3 Å². The van der Waals surface area contributed by atoms with Crippen LogP contribution in [0.5, 0.6) is 5.75 Å². The molecule has 1 heterocycles. The molecular formula is C17H20N2O2. The number of nitrogens with one attached hydrogen (secondary N) is 1. The number of amides is 1. The normalized spacial score (nSPS) is 11.7. The number of ether oxygens (including phenoxy) is 1. The van der Waals surface area contributed by atoms with Gasteiger partial charge < -0.3 is 10.1 Å². The highest BCUT2D eigenvalue weighted by Gasteiger charge is 2.09. The van der Waals surface area contributed by atoms with E-state index >= 15 is 0 Å². The Morgan fingerprint density at radius 3 is 2.76 bits per heavy atom. The molecule has 0 bridgehead atoms. The number of nitrogens with zero attached hydrogens (tertiary/aromatic N) is 1. The second kappa shape index (κ2) is 8.04. The predicted octanol–water partition coefficient (Wildman–Crippen LogP) is 3.12. The van der Waals surface area contributed by atoms with E-state index in [4.69, 9.17) is 4.74 Å². The van der Waals surface area contributed by atoms with Gasteiger partial charge in [-0.25, -0.2) is 0 Å². The molecule has 110 valence electrons. The maximum Gasteiger partial charge on any atom is 0.220 e. The van der Waals surface area contributed by atoms with Crippen LogP contribution in [0.4, 0.5) is 0 Å². The predicted molar refractivity (Wildman–Crippen MR) is 82.0 cm³/mol. The molecule has 0 aliphatic carbocycles. The highest BCUT2D eigenvalue weighted by molar-refractivity contribution is 5.76. The van der Waals surface area contributed by atoms with Crippen molar-refractivity contribution < 1.29 is 9.53 Å². The van der Waals surface area contributed by atoms with Crippen LogP contribution in [0, 0.1) is 0 Å². The fourth-order valence-electron chi connectivity index (χ4n) is 1.97. The van der Waals surface area contributed by atoms with E-state index in [1.165, 1.54) is 0 Å². The van der Waals surface area contributed by atoms with Gasteiger partial charge in [-0.3, -0.25) is 9.78 Å². The van der Waals surface area contributed by atoms with Gasteiger partial charge in [0.25, 0.3) is 0 Å².